The molecule has 0 aliphatic heterocycles. The van der Waals surface area contributed by atoms with E-state index in [0.717, 1.165) is 42.1 Å². The third kappa shape index (κ3) is 5.67. The minimum absolute atomic E-state index is 0.0655. The Balaban J connectivity index is 1.69. The highest BCUT2D eigenvalue weighted by molar-refractivity contribution is 5.65. The maximum Gasteiger partial charge on any atom is 0.222 e. The topological polar surface area (TPSA) is 50.5 Å². The largest absolute Gasteiger partial charge is 0.436 e. The monoisotopic (exact) mass is 453 g/mol. The van der Waals surface area contributed by atoms with Gasteiger partial charge in [-0.25, -0.2) is 13.5 Å². The van der Waals surface area contributed by atoms with Gasteiger partial charge in [0.25, 0.3) is 0 Å². The van der Waals surface area contributed by atoms with E-state index < -0.39 is 17.7 Å². The van der Waals surface area contributed by atoms with Crippen molar-refractivity contribution in [2.24, 2.45) is 7.05 Å². The number of ether oxygens (including phenoxy) is 1. The summed E-state index contributed by atoms with van der Waals surface area (Å²) in [7, 11) is 1.74. The Kier molecular flexibility index (Phi) is 7.20. The van der Waals surface area contributed by atoms with Crippen molar-refractivity contribution in [1.82, 2.24) is 14.7 Å². The van der Waals surface area contributed by atoms with Crippen LogP contribution in [-0.2, 0) is 13.6 Å². The van der Waals surface area contributed by atoms with Crippen molar-refractivity contribution in [3.05, 3.63) is 78.4 Å². The molecule has 1 aliphatic carbocycles. The molecule has 3 aromatic rings. The molecule has 1 unspecified atom stereocenters. The van der Waals surface area contributed by atoms with E-state index in [1.165, 1.54) is 12.1 Å². The summed E-state index contributed by atoms with van der Waals surface area (Å²) in [6.07, 6.45) is 4.87. The Morgan fingerprint density at radius 2 is 2.00 bits per heavy atom. The van der Waals surface area contributed by atoms with E-state index in [2.05, 4.69) is 16.6 Å². The second-order valence-corrected chi connectivity index (χ2v) is 8.48. The summed E-state index contributed by atoms with van der Waals surface area (Å²) in [5, 5.41) is 15.2. The van der Waals surface area contributed by atoms with E-state index in [-0.39, 0.29) is 5.75 Å². The second-order valence-electron chi connectivity index (χ2n) is 8.48. The van der Waals surface area contributed by atoms with Crippen molar-refractivity contribution in [3.63, 3.8) is 0 Å². The number of hydrogen-bond donors (Lipinski definition) is 1. The first-order valence-electron chi connectivity index (χ1n) is 11.2. The Labute approximate surface area is 192 Å². The summed E-state index contributed by atoms with van der Waals surface area (Å²) in [4.78, 5) is 2.24. The van der Waals surface area contributed by atoms with E-state index in [9.17, 15) is 13.9 Å². The summed E-state index contributed by atoms with van der Waals surface area (Å²) in [5.74, 6) is -1.11. The van der Waals surface area contributed by atoms with Gasteiger partial charge >= 0.3 is 0 Å². The maximum atomic E-state index is 14.4. The molecule has 1 heterocycles. The number of aryl methyl sites for hydroxylation is 1. The number of rotatable bonds is 11. The zero-order valence-corrected chi connectivity index (χ0v) is 18.8. The lowest BCUT2D eigenvalue weighted by atomic mass is 10.1. The van der Waals surface area contributed by atoms with Gasteiger partial charge in [-0.15, -0.1) is 6.58 Å². The fourth-order valence-corrected chi connectivity index (χ4v) is 3.97. The molecule has 1 aromatic heterocycles. The second kappa shape index (κ2) is 10.3. The number of benzene rings is 2. The van der Waals surface area contributed by atoms with Gasteiger partial charge in [-0.1, -0.05) is 36.4 Å². The van der Waals surface area contributed by atoms with Crippen molar-refractivity contribution < 1.29 is 18.6 Å². The van der Waals surface area contributed by atoms with Crippen LogP contribution in [0.4, 0.5) is 8.78 Å². The predicted octanol–water partition coefficient (Wildman–Crippen LogP) is 5.45. The third-order valence-corrected chi connectivity index (χ3v) is 5.81. The average molecular weight is 454 g/mol. The lowest BCUT2D eigenvalue weighted by Crippen LogP contribution is -2.34. The molecule has 4 rings (SSSR count). The molecule has 1 saturated carbocycles. The van der Waals surface area contributed by atoms with Gasteiger partial charge in [0.05, 0.1) is 11.7 Å². The maximum absolute atomic E-state index is 14.4. The van der Waals surface area contributed by atoms with E-state index in [1.54, 1.807) is 11.7 Å². The van der Waals surface area contributed by atoms with Crippen molar-refractivity contribution >= 4 is 0 Å². The molecule has 0 spiro atoms. The van der Waals surface area contributed by atoms with Crippen LogP contribution < -0.4 is 4.74 Å². The molecule has 33 heavy (non-hydrogen) atoms. The highest BCUT2D eigenvalue weighted by Crippen LogP contribution is 2.37. The van der Waals surface area contributed by atoms with Gasteiger partial charge in [-0.2, -0.15) is 5.10 Å². The lowest BCUT2D eigenvalue weighted by molar-refractivity contribution is 0.0976. The normalized spacial score (nSPS) is 14.5. The third-order valence-electron chi connectivity index (χ3n) is 5.81. The number of aromatic nitrogens is 2. The van der Waals surface area contributed by atoms with Crippen LogP contribution in [0, 0.1) is 11.6 Å². The van der Waals surface area contributed by atoms with E-state index in [4.69, 9.17) is 4.74 Å². The number of halogens is 2. The molecule has 0 bridgehead atoms. The first-order valence-corrected chi connectivity index (χ1v) is 11.2. The minimum Gasteiger partial charge on any atom is -0.436 e. The van der Waals surface area contributed by atoms with E-state index in [1.807, 2.05) is 36.4 Å². The molecule has 0 amide bonds. The molecule has 1 N–H and O–H groups in total. The van der Waals surface area contributed by atoms with Crippen molar-refractivity contribution in [1.29, 1.82) is 0 Å². The van der Waals surface area contributed by atoms with Crippen LogP contribution in [-0.4, -0.2) is 38.5 Å². The van der Waals surface area contributed by atoms with Crippen molar-refractivity contribution in [3.8, 4) is 22.9 Å². The molecule has 1 aliphatic rings. The Hall–Kier alpha value is -3.03. The minimum atomic E-state index is -0.776. The zero-order valence-electron chi connectivity index (χ0n) is 18.8. The van der Waals surface area contributed by atoms with Gasteiger partial charge in [0.1, 0.15) is 11.5 Å². The fraction of sp³-hybridized carbons (Fsp3) is 0.346. The van der Waals surface area contributed by atoms with Gasteiger partial charge in [-0.3, -0.25) is 4.90 Å². The molecule has 2 aromatic carbocycles. The summed E-state index contributed by atoms with van der Waals surface area (Å²) in [6.45, 7) is 4.74. The summed E-state index contributed by atoms with van der Waals surface area (Å²) < 4.78 is 35.3. The highest BCUT2D eigenvalue weighted by atomic mass is 19.1. The molecule has 7 heteroatoms. The number of aliphatic hydroxyl groups is 1. The molecular weight excluding hydrogens is 424 g/mol. The van der Waals surface area contributed by atoms with E-state index in [0.29, 0.717) is 31.4 Å². The predicted molar refractivity (Wildman–Crippen MR) is 124 cm³/mol. The molecule has 174 valence electrons. The summed E-state index contributed by atoms with van der Waals surface area (Å²) >= 11 is 0. The van der Waals surface area contributed by atoms with Crippen LogP contribution in [0.1, 0.15) is 31.2 Å². The number of allylic oxidation sites excluding steroid dienone is 1. The van der Waals surface area contributed by atoms with Gasteiger partial charge in [0, 0.05) is 37.8 Å². The van der Waals surface area contributed by atoms with Crippen LogP contribution in [0.2, 0.25) is 0 Å². The molecular formula is C26H29F2N3O2. The Morgan fingerprint density at radius 1 is 1.24 bits per heavy atom. The molecule has 0 saturated heterocycles. The van der Waals surface area contributed by atoms with Crippen LogP contribution >= 0.6 is 0 Å². The molecule has 1 fully saturated rings. The average Bonchev–Trinajstić information content (AvgIpc) is 3.60. The molecule has 0 radical (unpaired) electrons. The Bertz CT molecular complexity index is 1100. The first kappa shape index (κ1) is 23.1. The molecule has 5 nitrogen and oxygen atoms in total. The number of aliphatic hydroxyl groups excluding tert-OH is 1. The van der Waals surface area contributed by atoms with Gasteiger partial charge in [0.15, 0.2) is 11.6 Å². The smallest absolute Gasteiger partial charge is 0.222 e. The van der Waals surface area contributed by atoms with Crippen LogP contribution in [0.15, 0.2) is 61.2 Å². The van der Waals surface area contributed by atoms with Gasteiger partial charge < -0.3 is 9.84 Å². The number of nitrogens with zero attached hydrogens (tertiary/aromatic N) is 3. The molecule has 1 atom stereocenters. The summed E-state index contributed by atoms with van der Waals surface area (Å²) in [6, 6.07) is 13.4. The number of hydrogen-bond acceptors (Lipinski definition) is 4. The standard InChI is InChI=1S/C26H29F2N3O2/c1-3-4-10-21(32)16-31(20-12-13-20)17-22-25(18-8-6-5-7-9-18)29-30(2)26(22)33-24-14-11-19(27)15-23(24)28/h3,5-9,11,14-15,20-21,32H,1,4,10,12-13,16-17H2,2H3. The highest BCUT2D eigenvalue weighted by Gasteiger charge is 2.33. The Morgan fingerprint density at radius 3 is 2.67 bits per heavy atom. The zero-order chi connectivity index (χ0) is 23.4. The van der Waals surface area contributed by atoms with Crippen LogP contribution in [0.3, 0.4) is 0 Å². The quantitative estimate of drug-likeness (QED) is 0.392. The lowest BCUT2D eigenvalue weighted by Gasteiger charge is -2.25. The van der Waals surface area contributed by atoms with E-state index >= 15 is 0 Å². The first-order chi connectivity index (χ1) is 16.0. The van der Waals surface area contributed by atoms with Crippen molar-refractivity contribution in [2.45, 2.75) is 44.4 Å². The van der Waals surface area contributed by atoms with Gasteiger partial charge in [-0.05, 0) is 37.8 Å². The van der Waals surface area contributed by atoms with Gasteiger partial charge in [0.2, 0.25) is 5.88 Å². The fourth-order valence-electron chi connectivity index (χ4n) is 3.97. The van der Waals surface area contributed by atoms with Crippen LogP contribution in [0.5, 0.6) is 11.6 Å². The summed E-state index contributed by atoms with van der Waals surface area (Å²) in [5.41, 5.74) is 2.46. The SMILES string of the molecule is C=CCCC(O)CN(Cc1c(-c2ccccc2)nn(C)c1Oc1ccc(F)cc1F)C1CC1. The van der Waals surface area contributed by atoms with Crippen molar-refractivity contribution in [2.75, 3.05) is 6.54 Å². The van der Waals surface area contributed by atoms with Crippen LogP contribution in [0.25, 0.3) is 11.3 Å².